The molecule has 0 radical (unpaired) electrons. The molecule has 3 aliphatic rings. The molecule has 5 heteroatoms. The van der Waals surface area contributed by atoms with Crippen molar-refractivity contribution in [3.63, 3.8) is 0 Å². The third-order valence-electron chi connectivity index (χ3n) is 6.11. The number of fused-ring (bicyclic) bond motifs is 1. The number of amidine groups is 1. The number of nitrogens with zero attached hydrogens (tertiary/aromatic N) is 3. The van der Waals surface area contributed by atoms with Gasteiger partial charge >= 0.3 is 0 Å². The summed E-state index contributed by atoms with van der Waals surface area (Å²) in [7, 11) is 0. The molecule has 5 rings (SSSR count). The average Bonchev–Trinajstić information content (AvgIpc) is 3.24. The van der Waals surface area contributed by atoms with E-state index in [1.165, 1.54) is 49.2 Å². The number of likely N-dealkylation sites (tertiary alicyclic amines) is 1. The van der Waals surface area contributed by atoms with E-state index < -0.39 is 0 Å². The number of hydrogen-bond donors (Lipinski definition) is 0. The summed E-state index contributed by atoms with van der Waals surface area (Å²) in [6.45, 7) is 6.27. The van der Waals surface area contributed by atoms with Crippen LogP contribution in [-0.4, -0.2) is 41.2 Å². The number of thioether (sulfide) groups is 1. The van der Waals surface area contributed by atoms with Crippen molar-refractivity contribution in [3.05, 3.63) is 82.9 Å². The Morgan fingerprint density at radius 3 is 2.55 bits per heavy atom. The van der Waals surface area contributed by atoms with Crippen LogP contribution in [0.1, 0.15) is 43.4 Å². The maximum absolute atomic E-state index is 6.04. The summed E-state index contributed by atoms with van der Waals surface area (Å²) >= 11 is 1.70. The van der Waals surface area contributed by atoms with Crippen LogP contribution in [0.3, 0.4) is 0 Å². The van der Waals surface area contributed by atoms with E-state index in [9.17, 15) is 0 Å². The number of benzene rings is 2. The lowest BCUT2D eigenvalue weighted by atomic mass is 10.0. The fourth-order valence-electron chi connectivity index (χ4n) is 4.46. The molecule has 0 spiro atoms. The van der Waals surface area contributed by atoms with Gasteiger partial charge in [-0.2, -0.15) is 0 Å². The number of allylic oxidation sites excluding steroid dienone is 1. The Morgan fingerprint density at radius 1 is 1.00 bits per heavy atom. The van der Waals surface area contributed by atoms with Gasteiger partial charge in [0.25, 0.3) is 0 Å². The molecule has 1 fully saturated rings. The van der Waals surface area contributed by atoms with Gasteiger partial charge in [0.05, 0.1) is 11.7 Å². The zero-order valence-corrected chi connectivity index (χ0v) is 18.9. The fraction of sp³-hybridized carbons (Fsp3) is 0.346. The van der Waals surface area contributed by atoms with Crippen molar-refractivity contribution in [3.8, 4) is 5.75 Å². The Kier molecular flexibility index (Phi) is 6.14. The fourth-order valence-corrected chi connectivity index (χ4v) is 5.45. The minimum Gasteiger partial charge on any atom is -0.492 e. The van der Waals surface area contributed by atoms with Gasteiger partial charge in [-0.3, -0.25) is 4.90 Å². The van der Waals surface area contributed by atoms with E-state index in [1.54, 1.807) is 11.8 Å². The molecule has 2 aromatic rings. The van der Waals surface area contributed by atoms with Crippen LogP contribution in [0.4, 0.5) is 0 Å². The highest BCUT2D eigenvalue weighted by atomic mass is 32.2. The largest absolute Gasteiger partial charge is 0.492 e. The van der Waals surface area contributed by atoms with Crippen molar-refractivity contribution < 1.29 is 4.74 Å². The molecule has 0 N–H and O–H groups in total. The van der Waals surface area contributed by atoms with Crippen LogP contribution in [0, 0.1) is 0 Å². The predicted octanol–water partition coefficient (Wildman–Crippen LogP) is 5.91. The Morgan fingerprint density at radius 2 is 1.77 bits per heavy atom. The lowest BCUT2D eigenvalue weighted by Gasteiger charge is -2.33. The van der Waals surface area contributed by atoms with E-state index in [1.807, 2.05) is 0 Å². The second-order valence-corrected chi connectivity index (χ2v) is 9.16. The first-order valence-corrected chi connectivity index (χ1v) is 12.1. The van der Waals surface area contributed by atoms with Gasteiger partial charge in [-0.15, -0.1) is 0 Å². The molecule has 0 aromatic heterocycles. The average molecular weight is 432 g/mol. The summed E-state index contributed by atoms with van der Waals surface area (Å²) in [6.07, 6.45) is 6.26. The predicted molar refractivity (Wildman–Crippen MR) is 130 cm³/mol. The standard InChI is InChI=1S/C26H29N3OS/c1-20-18-24(29-25(19-31-26(29)27-20)21-8-4-2-5-9-21)22-10-12-23(13-11-22)30-17-16-28-14-6-3-7-15-28/h2,4-5,8-13,18-19,24H,3,6-7,14-17H2,1H3. The first-order chi connectivity index (χ1) is 15.3. The SMILES string of the molecule is CC1=CC(c2ccc(OCCN3CCCCC3)cc2)N2C(c3ccccc3)=CSC2=N1. The lowest BCUT2D eigenvalue weighted by Crippen LogP contribution is -2.33. The van der Waals surface area contributed by atoms with Crippen molar-refractivity contribution in [1.29, 1.82) is 0 Å². The summed E-state index contributed by atoms with van der Waals surface area (Å²) in [5.74, 6) is 0.945. The van der Waals surface area contributed by atoms with Crippen LogP contribution in [-0.2, 0) is 0 Å². The van der Waals surface area contributed by atoms with E-state index in [4.69, 9.17) is 9.73 Å². The minimum atomic E-state index is 0.136. The summed E-state index contributed by atoms with van der Waals surface area (Å²) in [5.41, 5.74) is 4.74. The first kappa shape index (κ1) is 20.4. The van der Waals surface area contributed by atoms with Gasteiger partial charge in [-0.05, 0) is 62.2 Å². The van der Waals surface area contributed by atoms with Crippen LogP contribution >= 0.6 is 11.8 Å². The highest BCUT2D eigenvalue weighted by molar-refractivity contribution is 8.16. The topological polar surface area (TPSA) is 28.1 Å². The van der Waals surface area contributed by atoms with Crippen molar-refractivity contribution in [2.75, 3.05) is 26.2 Å². The van der Waals surface area contributed by atoms with Gasteiger partial charge in [-0.1, -0.05) is 60.6 Å². The lowest BCUT2D eigenvalue weighted by molar-refractivity contribution is 0.183. The van der Waals surface area contributed by atoms with E-state index in [0.717, 1.165) is 29.8 Å². The first-order valence-electron chi connectivity index (χ1n) is 11.2. The Hall–Kier alpha value is -2.50. The van der Waals surface area contributed by atoms with Crippen LogP contribution < -0.4 is 4.74 Å². The third-order valence-corrected chi connectivity index (χ3v) is 6.95. The smallest absolute Gasteiger partial charge is 0.173 e. The van der Waals surface area contributed by atoms with Crippen LogP contribution in [0.25, 0.3) is 5.70 Å². The Labute approximate surface area is 189 Å². The molecule has 3 aliphatic heterocycles. The number of hydrogen-bond acceptors (Lipinski definition) is 5. The molecular weight excluding hydrogens is 402 g/mol. The highest BCUT2D eigenvalue weighted by Crippen LogP contribution is 2.43. The molecule has 0 amide bonds. The number of piperidine rings is 1. The Bertz CT molecular complexity index is 991. The summed E-state index contributed by atoms with van der Waals surface area (Å²) in [4.78, 5) is 9.64. The van der Waals surface area contributed by atoms with Crippen LogP contribution in [0.5, 0.6) is 5.75 Å². The molecular formula is C26H29N3OS. The van der Waals surface area contributed by atoms with E-state index in [-0.39, 0.29) is 6.04 Å². The van der Waals surface area contributed by atoms with Crippen molar-refractivity contribution in [2.24, 2.45) is 4.99 Å². The van der Waals surface area contributed by atoms with E-state index in [2.05, 4.69) is 82.8 Å². The monoisotopic (exact) mass is 431 g/mol. The van der Waals surface area contributed by atoms with Gasteiger partial charge in [0, 0.05) is 17.6 Å². The highest BCUT2D eigenvalue weighted by Gasteiger charge is 2.33. The van der Waals surface area contributed by atoms with E-state index >= 15 is 0 Å². The quantitative estimate of drug-likeness (QED) is 0.568. The maximum Gasteiger partial charge on any atom is 0.173 e. The molecule has 0 bridgehead atoms. The molecule has 0 saturated carbocycles. The van der Waals surface area contributed by atoms with Gasteiger partial charge in [0.15, 0.2) is 5.17 Å². The van der Waals surface area contributed by atoms with Crippen molar-refractivity contribution in [1.82, 2.24) is 9.80 Å². The molecule has 1 atom stereocenters. The second-order valence-electron chi connectivity index (χ2n) is 8.32. The van der Waals surface area contributed by atoms with Gasteiger partial charge in [0.2, 0.25) is 0 Å². The summed E-state index contributed by atoms with van der Waals surface area (Å²) < 4.78 is 6.04. The van der Waals surface area contributed by atoms with Gasteiger partial charge in [0.1, 0.15) is 12.4 Å². The third kappa shape index (κ3) is 4.58. The number of aliphatic imine (C=N–C) groups is 1. The van der Waals surface area contributed by atoms with Gasteiger partial charge in [-0.25, -0.2) is 4.99 Å². The van der Waals surface area contributed by atoms with E-state index in [0.29, 0.717) is 0 Å². The van der Waals surface area contributed by atoms with Crippen molar-refractivity contribution in [2.45, 2.75) is 32.2 Å². The zero-order valence-electron chi connectivity index (χ0n) is 18.0. The Balaban J connectivity index is 1.29. The van der Waals surface area contributed by atoms with Crippen molar-refractivity contribution >= 4 is 22.6 Å². The molecule has 4 nitrogen and oxygen atoms in total. The van der Waals surface area contributed by atoms with Crippen LogP contribution in [0.2, 0.25) is 0 Å². The van der Waals surface area contributed by atoms with Crippen LogP contribution in [0.15, 0.2) is 76.8 Å². The molecule has 1 unspecified atom stereocenters. The maximum atomic E-state index is 6.04. The normalized spacial score (nSPS) is 21.3. The number of rotatable bonds is 6. The summed E-state index contributed by atoms with van der Waals surface area (Å²) in [5, 5.41) is 3.26. The molecule has 2 aromatic carbocycles. The summed E-state index contributed by atoms with van der Waals surface area (Å²) in [6, 6.07) is 19.3. The number of ether oxygens (including phenoxy) is 1. The molecule has 1 saturated heterocycles. The molecule has 3 heterocycles. The molecule has 0 aliphatic carbocycles. The molecule has 160 valence electrons. The minimum absolute atomic E-state index is 0.136. The molecule has 31 heavy (non-hydrogen) atoms. The van der Waals surface area contributed by atoms with Gasteiger partial charge < -0.3 is 9.64 Å². The second kappa shape index (κ2) is 9.33. The zero-order chi connectivity index (χ0) is 21.0.